The summed E-state index contributed by atoms with van der Waals surface area (Å²) in [7, 11) is 0. The molecule has 0 radical (unpaired) electrons. The van der Waals surface area contributed by atoms with E-state index in [4.69, 9.17) is 11.6 Å². The van der Waals surface area contributed by atoms with Crippen molar-refractivity contribution in [3.8, 4) is 0 Å². The van der Waals surface area contributed by atoms with E-state index < -0.39 is 0 Å². The zero-order valence-electron chi connectivity index (χ0n) is 20.1. The summed E-state index contributed by atoms with van der Waals surface area (Å²) in [6.45, 7) is 6.57. The Morgan fingerprint density at radius 3 is 2.22 bits per heavy atom. The molecule has 0 N–H and O–H groups in total. The maximum atomic E-state index is 13.9. The van der Waals surface area contributed by atoms with E-state index in [1.54, 1.807) is 0 Å². The van der Waals surface area contributed by atoms with Crippen LogP contribution in [0.2, 0.25) is 5.02 Å². The standard InChI is InChI=1S/C33H26ClNO/c1-21(2)30(29-20-23-12-6-7-13-26(23)31(29)22-10-4-3-5-11-22)32-27-14-8-9-15-28(27)33(36)35(32)25-18-16-24(34)17-19-25/h3-19,30,32H,1,20H2,2H3/t30?,32-/m0/s1. The third-order valence-electron chi connectivity index (χ3n) is 7.38. The normalized spacial score (nSPS) is 17.2. The first kappa shape index (κ1) is 22.6. The summed E-state index contributed by atoms with van der Waals surface area (Å²) in [5, 5.41) is 0.649. The number of hydrogen-bond donors (Lipinski definition) is 0. The molecule has 3 heteroatoms. The Morgan fingerprint density at radius 1 is 0.861 bits per heavy atom. The summed E-state index contributed by atoms with van der Waals surface area (Å²) in [4.78, 5) is 15.8. The summed E-state index contributed by atoms with van der Waals surface area (Å²) in [5.41, 5.74) is 10.0. The third-order valence-corrected chi connectivity index (χ3v) is 7.64. The Kier molecular flexibility index (Phi) is 5.62. The van der Waals surface area contributed by atoms with E-state index in [-0.39, 0.29) is 17.9 Å². The number of fused-ring (bicyclic) bond motifs is 2. The van der Waals surface area contributed by atoms with E-state index >= 15 is 0 Å². The van der Waals surface area contributed by atoms with Gasteiger partial charge in [-0.3, -0.25) is 9.69 Å². The molecule has 1 amide bonds. The molecule has 2 aliphatic rings. The van der Waals surface area contributed by atoms with Crippen LogP contribution in [-0.2, 0) is 6.42 Å². The minimum atomic E-state index is -0.199. The second kappa shape index (κ2) is 8.96. The van der Waals surface area contributed by atoms with E-state index in [2.05, 4.69) is 74.2 Å². The van der Waals surface area contributed by atoms with Gasteiger partial charge in [-0.25, -0.2) is 0 Å². The Hall–Kier alpha value is -3.88. The van der Waals surface area contributed by atoms with Crippen LogP contribution in [0.1, 0.15) is 45.6 Å². The first-order valence-electron chi connectivity index (χ1n) is 12.2. The molecular weight excluding hydrogens is 462 g/mol. The SMILES string of the molecule is C=C(C)C(C1=C(c2ccccc2)c2ccccc2C1)[C@@H]1c2ccccc2C(=O)N1c1ccc(Cl)cc1. The molecule has 1 heterocycles. The number of rotatable bonds is 5. The minimum Gasteiger partial charge on any atom is -0.300 e. The van der Waals surface area contributed by atoms with Crippen molar-refractivity contribution in [1.29, 1.82) is 0 Å². The van der Waals surface area contributed by atoms with Crippen LogP contribution in [0.15, 0.2) is 121 Å². The molecule has 1 aliphatic heterocycles. The lowest BCUT2D eigenvalue weighted by atomic mass is 9.79. The molecule has 1 unspecified atom stereocenters. The molecule has 0 aromatic heterocycles. The lowest BCUT2D eigenvalue weighted by Gasteiger charge is -2.34. The molecule has 0 bridgehead atoms. The van der Waals surface area contributed by atoms with Crippen LogP contribution in [0.5, 0.6) is 0 Å². The first-order valence-corrected chi connectivity index (χ1v) is 12.6. The molecule has 4 aromatic carbocycles. The van der Waals surface area contributed by atoms with Crippen molar-refractivity contribution in [2.45, 2.75) is 19.4 Å². The quantitative estimate of drug-likeness (QED) is 0.259. The van der Waals surface area contributed by atoms with Crippen molar-refractivity contribution < 1.29 is 4.79 Å². The largest absolute Gasteiger partial charge is 0.300 e. The van der Waals surface area contributed by atoms with E-state index in [0.717, 1.165) is 28.8 Å². The predicted molar refractivity (Wildman–Crippen MR) is 148 cm³/mol. The van der Waals surface area contributed by atoms with Gasteiger partial charge in [-0.1, -0.05) is 96.5 Å². The summed E-state index contributed by atoms with van der Waals surface area (Å²) in [6, 6.07) is 34.6. The van der Waals surface area contributed by atoms with Crippen LogP contribution in [0.4, 0.5) is 5.69 Å². The third kappa shape index (κ3) is 3.61. The van der Waals surface area contributed by atoms with Crippen LogP contribution in [0.3, 0.4) is 0 Å². The predicted octanol–water partition coefficient (Wildman–Crippen LogP) is 8.29. The van der Waals surface area contributed by atoms with Gasteiger partial charge in [-0.05, 0) is 77.1 Å². The highest BCUT2D eigenvalue weighted by Crippen LogP contribution is 2.51. The number of carbonyl (C=O) groups excluding carboxylic acids is 1. The molecule has 176 valence electrons. The second-order valence-electron chi connectivity index (χ2n) is 9.61. The first-order chi connectivity index (χ1) is 17.5. The maximum Gasteiger partial charge on any atom is 0.259 e. The molecule has 0 saturated carbocycles. The number of anilines is 1. The monoisotopic (exact) mass is 487 g/mol. The van der Waals surface area contributed by atoms with Crippen LogP contribution in [0, 0.1) is 5.92 Å². The van der Waals surface area contributed by atoms with Gasteiger partial charge in [0, 0.05) is 22.2 Å². The minimum absolute atomic E-state index is 0.0153. The smallest absolute Gasteiger partial charge is 0.259 e. The number of amides is 1. The van der Waals surface area contributed by atoms with Crippen molar-refractivity contribution in [3.05, 3.63) is 154 Å². The molecule has 1 aliphatic carbocycles. The fourth-order valence-corrected chi connectivity index (χ4v) is 6.03. The molecular formula is C33H26ClNO. The summed E-state index contributed by atoms with van der Waals surface area (Å²) < 4.78 is 0. The lowest BCUT2D eigenvalue weighted by molar-refractivity contribution is 0.0988. The van der Waals surface area contributed by atoms with Crippen molar-refractivity contribution in [2.24, 2.45) is 5.92 Å². The highest BCUT2D eigenvalue weighted by Gasteiger charge is 2.45. The fourth-order valence-electron chi connectivity index (χ4n) is 5.91. The number of halogens is 1. The van der Waals surface area contributed by atoms with Crippen molar-refractivity contribution in [3.63, 3.8) is 0 Å². The van der Waals surface area contributed by atoms with Crippen LogP contribution in [-0.4, -0.2) is 5.91 Å². The van der Waals surface area contributed by atoms with Crippen molar-refractivity contribution in [2.75, 3.05) is 4.90 Å². The average molecular weight is 488 g/mol. The number of carbonyl (C=O) groups is 1. The van der Waals surface area contributed by atoms with Crippen LogP contribution in [0.25, 0.3) is 5.57 Å². The maximum absolute atomic E-state index is 13.9. The summed E-state index contributed by atoms with van der Waals surface area (Å²) >= 11 is 6.21. The summed E-state index contributed by atoms with van der Waals surface area (Å²) in [6.07, 6.45) is 0.833. The Balaban J connectivity index is 1.59. The summed E-state index contributed by atoms with van der Waals surface area (Å²) in [5.74, 6) is -0.0440. The van der Waals surface area contributed by atoms with Crippen molar-refractivity contribution in [1.82, 2.24) is 0 Å². The molecule has 6 rings (SSSR count). The fraction of sp³-hybridized carbons (Fsp3) is 0.121. The van der Waals surface area contributed by atoms with E-state index in [9.17, 15) is 4.79 Å². The van der Waals surface area contributed by atoms with Crippen molar-refractivity contribution >= 4 is 28.8 Å². The van der Waals surface area contributed by atoms with E-state index in [1.807, 2.05) is 47.4 Å². The Bertz CT molecular complexity index is 1520. The van der Waals surface area contributed by atoms with Gasteiger partial charge >= 0.3 is 0 Å². The van der Waals surface area contributed by atoms with Gasteiger partial charge in [0.15, 0.2) is 0 Å². The molecule has 0 spiro atoms. The average Bonchev–Trinajstić information content (AvgIpc) is 3.41. The topological polar surface area (TPSA) is 20.3 Å². The van der Waals surface area contributed by atoms with Gasteiger partial charge in [-0.15, -0.1) is 0 Å². The molecule has 2 atom stereocenters. The van der Waals surface area contributed by atoms with Gasteiger partial charge in [0.2, 0.25) is 0 Å². The molecule has 0 fully saturated rings. The van der Waals surface area contributed by atoms with Gasteiger partial charge in [-0.2, -0.15) is 0 Å². The Labute approximate surface area is 217 Å². The van der Waals surface area contributed by atoms with Crippen LogP contribution < -0.4 is 4.90 Å². The van der Waals surface area contributed by atoms with Gasteiger partial charge < -0.3 is 0 Å². The molecule has 36 heavy (non-hydrogen) atoms. The number of hydrogen-bond acceptors (Lipinski definition) is 1. The molecule has 2 nitrogen and oxygen atoms in total. The van der Waals surface area contributed by atoms with E-state index in [1.165, 1.54) is 27.8 Å². The zero-order chi connectivity index (χ0) is 24.8. The van der Waals surface area contributed by atoms with Crippen LogP contribution >= 0.6 is 11.6 Å². The number of benzene rings is 4. The van der Waals surface area contributed by atoms with Gasteiger partial charge in [0.25, 0.3) is 5.91 Å². The molecule has 0 saturated heterocycles. The zero-order valence-corrected chi connectivity index (χ0v) is 20.9. The molecule has 4 aromatic rings. The second-order valence-corrected chi connectivity index (χ2v) is 10.0. The van der Waals surface area contributed by atoms with Gasteiger partial charge in [0.1, 0.15) is 0 Å². The van der Waals surface area contributed by atoms with Gasteiger partial charge in [0.05, 0.1) is 6.04 Å². The lowest BCUT2D eigenvalue weighted by Crippen LogP contribution is -2.34. The van der Waals surface area contributed by atoms with E-state index in [0.29, 0.717) is 5.02 Å². The number of nitrogens with zero attached hydrogens (tertiary/aromatic N) is 1. The highest BCUT2D eigenvalue weighted by molar-refractivity contribution is 6.30. The highest BCUT2D eigenvalue weighted by atomic mass is 35.5. The Morgan fingerprint density at radius 2 is 1.50 bits per heavy atom.